The Bertz CT molecular complexity index is 696. The van der Waals surface area contributed by atoms with Gasteiger partial charge < -0.3 is 41.6 Å². The largest absolute Gasteiger partial charge is 0.464 e. The maximum Gasteiger partial charge on any atom is 0.331 e. The van der Waals surface area contributed by atoms with E-state index in [2.05, 4.69) is 20.8 Å². The Labute approximate surface area is 173 Å². The smallest absolute Gasteiger partial charge is 0.331 e. The van der Waals surface area contributed by atoms with E-state index in [1.165, 1.54) is 6.92 Å². The van der Waals surface area contributed by atoms with Crippen molar-refractivity contribution in [2.45, 2.75) is 63.8 Å². The van der Waals surface area contributed by atoms with Gasteiger partial charge in [0.1, 0.15) is 6.04 Å². The van der Waals surface area contributed by atoms with Gasteiger partial charge in [0.05, 0.1) is 31.8 Å². The van der Waals surface area contributed by atoms with Crippen LogP contribution in [-0.2, 0) is 14.3 Å². The molecule has 0 aliphatic carbocycles. The van der Waals surface area contributed by atoms with Crippen LogP contribution in [-0.4, -0.2) is 63.6 Å². The predicted molar refractivity (Wildman–Crippen MR) is 102 cm³/mol. The van der Waals surface area contributed by atoms with Crippen LogP contribution in [0.1, 0.15) is 63.3 Å². The van der Waals surface area contributed by atoms with Crippen LogP contribution >= 0.6 is 0 Å². The van der Waals surface area contributed by atoms with E-state index in [1.807, 2.05) is 6.92 Å². The molecule has 4 atom stereocenters. The molecule has 0 bridgehead atoms. The van der Waals surface area contributed by atoms with Gasteiger partial charge >= 0.3 is 12.0 Å². The van der Waals surface area contributed by atoms with Crippen molar-refractivity contribution in [2.75, 3.05) is 13.2 Å². The summed E-state index contributed by atoms with van der Waals surface area (Å²) < 4.78 is 10.1. The summed E-state index contributed by atoms with van der Waals surface area (Å²) in [6.07, 6.45) is 0.865. The minimum Gasteiger partial charge on any atom is -0.464 e. The van der Waals surface area contributed by atoms with E-state index in [0.29, 0.717) is 6.42 Å². The number of nitrogens with two attached hydrogens (primary N) is 2. The van der Waals surface area contributed by atoms with Crippen LogP contribution in [0.25, 0.3) is 0 Å². The van der Waals surface area contributed by atoms with Crippen LogP contribution in [0.3, 0.4) is 0 Å². The fourth-order valence-electron chi connectivity index (χ4n) is 2.35. The summed E-state index contributed by atoms with van der Waals surface area (Å²) in [4.78, 5) is 39.8. The van der Waals surface area contributed by atoms with Crippen LogP contribution in [0.5, 0.6) is 0 Å². The lowest BCUT2D eigenvalue weighted by atomic mass is 10.1. The van der Waals surface area contributed by atoms with E-state index >= 15 is 0 Å². The van der Waals surface area contributed by atoms with Crippen LogP contribution < -0.4 is 22.1 Å². The average molecular weight is 430 g/mol. The fourth-order valence-corrected chi connectivity index (χ4v) is 2.35. The molecule has 1 aromatic heterocycles. The first-order chi connectivity index (χ1) is 14.2. The van der Waals surface area contributed by atoms with Gasteiger partial charge in [0, 0.05) is 0 Å². The number of amides is 3. The van der Waals surface area contributed by atoms with Crippen LogP contribution in [0.15, 0.2) is 4.52 Å². The van der Waals surface area contributed by atoms with Crippen LogP contribution in [0.4, 0.5) is 4.79 Å². The molecule has 0 fully saturated rings. The van der Waals surface area contributed by atoms with Gasteiger partial charge in [0.2, 0.25) is 11.8 Å². The number of unbranched alkanes of at least 4 members (excludes halogenated alkanes) is 2. The molecule has 1 unspecified atom stereocenters. The zero-order valence-electron chi connectivity index (χ0n) is 17.0. The topological polar surface area (TPSA) is 216 Å². The number of esters is 1. The fraction of sp³-hybridized carbons (Fsp3) is 0.706. The normalized spacial score (nSPS) is 15.0. The van der Waals surface area contributed by atoms with Gasteiger partial charge in [-0.2, -0.15) is 4.98 Å². The molecular formula is C17H30N6O7. The maximum absolute atomic E-state index is 12.4. The quantitative estimate of drug-likeness (QED) is 0.161. The Hall–Kier alpha value is -2.77. The number of hydrogen-bond acceptors (Lipinski definition) is 10. The first-order valence-electron chi connectivity index (χ1n) is 9.59. The van der Waals surface area contributed by atoms with Crippen molar-refractivity contribution >= 4 is 17.9 Å². The lowest BCUT2D eigenvalue weighted by molar-refractivity contribution is -0.148. The summed E-state index contributed by atoms with van der Waals surface area (Å²) in [7, 11) is 0. The van der Waals surface area contributed by atoms with E-state index < -0.39 is 48.7 Å². The molecule has 0 aromatic carbocycles. The molecule has 0 radical (unpaired) electrons. The van der Waals surface area contributed by atoms with Crippen molar-refractivity contribution < 1.29 is 33.9 Å². The molecular weight excluding hydrogens is 400 g/mol. The third-order valence-corrected chi connectivity index (χ3v) is 4.01. The average Bonchev–Trinajstić information content (AvgIpc) is 3.17. The maximum atomic E-state index is 12.4. The molecule has 3 amide bonds. The summed E-state index contributed by atoms with van der Waals surface area (Å²) in [5, 5.41) is 27.1. The number of aromatic nitrogens is 2. The number of ether oxygens (including phenoxy) is 1. The number of aliphatic hydroxyl groups is 2. The van der Waals surface area contributed by atoms with Gasteiger partial charge in [0.25, 0.3) is 0 Å². The molecule has 0 spiro atoms. The molecule has 1 aromatic rings. The van der Waals surface area contributed by atoms with Gasteiger partial charge in [-0.25, -0.2) is 9.59 Å². The molecule has 13 heteroatoms. The first-order valence-corrected chi connectivity index (χ1v) is 9.59. The summed E-state index contributed by atoms with van der Waals surface area (Å²) in [6.45, 7) is 3.04. The number of carbonyl (C=O) groups is 3. The van der Waals surface area contributed by atoms with Crippen molar-refractivity contribution in [3.63, 3.8) is 0 Å². The van der Waals surface area contributed by atoms with Crippen LogP contribution in [0.2, 0.25) is 0 Å². The molecule has 1 heterocycles. The summed E-state index contributed by atoms with van der Waals surface area (Å²) >= 11 is 0. The Morgan fingerprint density at radius 1 is 1.27 bits per heavy atom. The van der Waals surface area contributed by atoms with E-state index in [0.717, 1.165) is 12.8 Å². The number of carbonyl (C=O) groups excluding carboxylic acids is 3. The predicted octanol–water partition coefficient (Wildman–Crippen LogP) is -1.24. The third kappa shape index (κ3) is 8.31. The molecule has 1 rings (SSSR count). The van der Waals surface area contributed by atoms with E-state index in [-0.39, 0.29) is 24.7 Å². The summed E-state index contributed by atoms with van der Waals surface area (Å²) in [6, 6.07) is -4.26. The van der Waals surface area contributed by atoms with Gasteiger partial charge in [-0.3, -0.25) is 4.79 Å². The minimum atomic E-state index is -1.33. The number of nitrogens with zero attached hydrogens (tertiary/aromatic N) is 2. The first kappa shape index (κ1) is 25.3. The Morgan fingerprint density at radius 3 is 2.53 bits per heavy atom. The van der Waals surface area contributed by atoms with Gasteiger partial charge in [-0.15, -0.1) is 0 Å². The Morgan fingerprint density at radius 2 is 1.97 bits per heavy atom. The van der Waals surface area contributed by atoms with Crippen molar-refractivity contribution in [3.05, 3.63) is 11.7 Å². The molecule has 170 valence electrons. The zero-order valence-corrected chi connectivity index (χ0v) is 17.0. The van der Waals surface area contributed by atoms with Crippen molar-refractivity contribution in [3.8, 4) is 0 Å². The monoisotopic (exact) mass is 430 g/mol. The number of aliphatic hydroxyl groups excluding tert-OH is 2. The van der Waals surface area contributed by atoms with Gasteiger partial charge in [0.15, 0.2) is 11.9 Å². The van der Waals surface area contributed by atoms with Crippen molar-refractivity contribution in [1.29, 1.82) is 0 Å². The standard InChI is InChI=1S/C17H30N6O7/c1-3-4-5-6-29-16(27)13(9(2)25)21-17(28)20-11(7-12(19)26)15-22-14(23-30-15)10(18)8-24/h9-11,13,24-25H,3-8,18H2,1-2H3,(H2,19,26)(H2,20,21,28)/t9?,10-,11-,13-/m0/s1. The summed E-state index contributed by atoms with van der Waals surface area (Å²) in [5.41, 5.74) is 10.8. The highest BCUT2D eigenvalue weighted by Gasteiger charge is 2.30. The Kier molecular flexibility index (Phi) is 10.7. The molecule has 0 aliphatic rings. The number of nitrogens with one attached hydrogen (secondary N) is 2. The third-order valence-electron chi connectivity index (χ3n) is 4.01. The lowest BCUT2D eigenvalue weighted by Crippen LogP contribution is -2.52. The Balaban J connectivity index is 2.80. The van der Waals surface area contributed by atoms with E-state index in [4.69, 9.17) is 25.8 Å². The molecule has 0 aliphatic heterocycles. The second-order valence-electron chi connectivity index (χ2n) is 6.71. The second-order valence-corrected chi connectivity index (χ2v) is 6.71. The molecule has 0 saturated heterocycles. The van der Waals surface area contributed by atoms with Crippen molar-refractivity contribution in [2.24, 2.45) is 11.5 Å². The molecule has 0 saturated carbocycles. The number of urea groups is 1. The van der Waals surface area contributed by atoms with Gasteiger partial charge in [-0.1, -0.05) is 24.9 Å². The highest BCUT2D eigenvalue weighted by atomic mass is 16.5. The summed E-state index contributed by atoms with van der Waals surface area (Å²) in [5.74, 6) is -1.76. The highest BCUT2D eigenvalue weighted by molar-refractivity contribution is 5.84. The van der Waals surface area contributed by atoms with Crippen LogP contribution in [0, 0.1) is 0 Å². The minimum absolute atomic E-state index is 0.0262. The molecule has 30 heavy (non-hydrogen) atoms. The number of hydrogen-bond donors (Lipinski definition) is 6. The zero-order chi connectivity index (χ0) is 22.7. The second kappa shape index (κ2) is 12.7. The molecule has 8 N–H and O–H groups in total. The SMILES string of the molecule is CCCCCOC(=O)[C@@H](NC(=O)N[C@@H](CC(N)=O)c1nc([C@@H](N)CO)no1)C(C)O. The highest BCUT2D eigenvalue weighted by Crippen LogP contribution is 2.16. The molecule has 13 nitrogen and oxygen atoms in total. The van der Waals surface area contributed by atoms with E-state index in [9.17, 15) is 19.5 Å². The van der Waals surface area contributed by atoms with Gasteiger partial charge in [-0.05, 0) is 13.3 Å². The lowest BCUT2D eigenvalue weighted by Gasteiger charge is -2.21. The number of primary amides is 1. The van der Waals surface area contributed by atoms with E-state index in [1.54, 1.807) is 0 Å². The van der Waals surface area contributed by atoms with Crippen molar-refractivity contribution in [1.82, 2.24) is 20.8 Å². The number of rotatable bonds is 13.